The minimum Gasteiger partial charge on any atom is -0.326 e. The first-order chi connectivity index (χ1) is 9.80. The summed E-state index contributed by atoms with van der Waals surface area (Å²) in [4.78, 5) is 13.6. The normalized spacial score (nSPS) is 11.6. The summed E-state index contributed by atoms with van der Waals surface area (Å²) in [5.41, 5.74) is 7.25. The van der Waals surface area contributed by atoms with Gasteiger partial charge in [-0.2, -0.15) is 0 Å². The zero-order valence-corrected chi connectivity index (χ0v) is 13.3. The van der Waals surface area contributed by atoms with Gasteiger partial charge in [0.2, 0.25) is 5.91 Å². The molecule has 0 unspecified atom stereocenters. The second-order valence-electron chi connectivity index (χ2n) is 5.13. The second-order valence-corrected chi connectivity index (χ2v) is 7.39. The average Bonchev–Trinajstić information content (AvgIpc) is 2.43. The Hall–Kier alpha value is -1.44. The molecule has 1 aromatic rings. The van der Waals surface area contributed by atoms with Gasteiger partial charge < -0.3 is 16.0 Å². The van der Waals surface area contributed by atoms with Gasteiger partial charge in [0.15, 0.2) is 0 Å². The summed E-state index contributed by atoms with van der Waals surface area (Å²) < 4.78 is 22.1. The molecule has 6 nitrogen and oxygen atoms in total. The van der Waals surface area contributed by atoms with Crippen LogP contribution in [0.3, 0.4) is 0 Å². The molecule has 118 valence electrons. The van der Waals surface area contributed by atoms with Crippen LogP contribution in [-0.4, -0.2) is 51.4 Å². The van der Waals surface area contributed by atoms with E-state index in [1.165, 1.54) is 6.26 Å². The molecule has 0 saturated carbocycles. The monoisotopic (exact) mass is 313 g/mol. The number of nitrogens with two attached hydrogens (primary N) is 1. The lowest BCUT2D eigenvalue weighted by Gasteiger charge is -2.15. The zero-order chi connectivity index (χ0) is 15.9. The van der Waals surface area contributed by atoms with Gasteiger partial charge in [-0.1, -0.05) is 12.1 Å². The molecule has 21 heavy (non-hydrogen) atoms. The fourth-order valence-corrected chi connectivity index (χ4v) is 2.32. The predicted molar refractivity (Wildman–Crippen MR) is 84.8 cm³/mol. The van der Waals surface area contributed by atoms with E-state index in [-0.39, 0.29) is 11.7 Å². The highest BCUT2D eigenvalue weighted by Gasteiger charge is 2.08. The lowest BCUT2D eigenvalue weighted by molar-refractivity contribution is -0.116. The molecule has 3 N–H and O–H groups in total. The van der Waals surface area contributed by atoms with Crippen molar-refractivity contribution in [3.05, 3.63) is 29.8 Å². The zero-order valence-electron chi connectivity index (χ0n) is 12.5. The summed E-state index contributed by atoms with van der Waals surface area (Å²) in [6, 6.07) is 7.36. The van der Waals surface area contributed by atoms with Gasteiger partial charge in [-0.15, -0.1) is 0 Å². The molecule has 0 saturated heterocycles. The molecule has 0 aliphatic carbocycles. The fourth-order valence-electron chi connectivity index (χ4n) is 1.67. The number of rotatable bonds is 8. The van der Waals surface area contributed by atoms with Gasteiger partial charge in [-0.3, -0.25) is 4.79 Å². The van der Waals surface area contributed by atoms with Gasteiger partial charge in [0.1, 0.15) is 9.84 Å². The summed E-state index contributed by atoms with van der Waals surface area (Å²) in [6.45, 7) is 1.42. The minimum absolute atomic E-state index is 0.0956. The molecule has 0 heterocycles. The van der Waals surface area contributed by atoms with Crippen molar-refractivity contribution in [3.8, 4) is 0 Å². The quantitative estimate of drug-likeness (QED) is 0.727. The maximum Gasteiger partial charge on any atom is 0.225 e. The fraction of sp³-hybridized carbons (Fsp3) is 0.500. The van der Waals surface area contributed by atoms with E-state index >= 15 is 0 Å². The Morgan fingerprint density at radius 2 is 1.86 bits per heavy atom. The molecule has 0 atom stereocenters. The van der Waals surface area contributed by atoms with Crippen molar-refractivity contribution >= 4 is 21.4 Å². The van der Waals surface area contributed by atoms with Crippen molar-refractivity contribution in [3.63, 3.8) is 0 Å². The van der Waals surface area contributed by atoms with Gasteiger partial charge in [0, 0.05) is 38.0 Å². The van der Waals surface area contributed by atoms with E-state index in [0.717, 1.165) is 11.3 Å². The molecular weight excluding hydrogens is 290 g/mol. The number of hydrogen-bond donors (Lipinski definition) is 2. The van der Waals surface area contributed by atoms with Crippen LogP contribution < -0.4 is 11.1 Å². The Kier molecular flexibility index (Phi) is 6.80. The first-order valence-corrected chi connectivity index (χ1v) is 8.81. The van der Waals surface area contributed by atoms with Crippen LogP contribution in [0.25, 0.3) is 0 Å². The molecule has 1 aromatic carbocycles. The van der Waals surface area contributed by atoms with Crippen molar-refractivity contribution in [2.75, 3.05) is 37.5 Å². The van der Waals surface area contributed by atoms with Crippen LogP contribution in [-0.2, 0) is 21.2 Å². The first-order valence-electron chi connectivity index (χ1n) is 6.75. The maximum atomic E-state index is 11.8. The number of anilines is 1. The van der Waals surface area contributed by atoms with Crippen molar-refractivity contribution in [2.45, 2.75) is 13.0 Å². The number of sulfone groups is 1. The van der Waals surface area contributed by atoms with Crippen molar-refractivity contribution < 1.29 is 13.2 Å². The van der Waals surface area contributed by atoms with E-state index in [9.17, 15) is 13.2 Å². The van der Waals surface area contributed by atoms with Crippen LogP contribution >= 0.6 is 0 Å². The van der Waals surface area contributed by atoms with E-state index in [1.807, 2.05) is 29.2 Å². The number of benzene rings is 1. The summed E-state index contributed by atoms with van der Waals surface area (Å²) in [7, 11) is -1.17. The van der Waals surface area contributed by atoms with Crippen LogP contribution in [0.4, 0.5) is 5.69 Å². The van der Waals surface area contributed by atoms with Gasteiger partial charge in [0.05, 0.1) is 5.75 Å². The Balaban J connectivity index is 2.33. The summed E-state index contributed by atoms with van der Waals surface area (Å²) >= 11 is 0. The highest BCUT2D eigenvalue weighted by atomic mass is 32.2. The van der Waals surface area contributed by atoms with Gasteiger partial charge in [0.25, 0.3) is 0 Å². The molecule has 0 fully saturated rings. The molecule has 0 radical (unpaired) electrons. The highest BCUT2D eigenvalue weighted by molar-refractivity contribution is 7.90. The summed E-state index contributed by atoms with van der Waals surface area (Å²) in [6.07, 6.45) is 1.53. The summed E-state index contributed by atoms with van der Waals surface area (Å²) in [5, 5.41) is 2.80. The second kappa shape index (κ2) is 8.11. The Morgan fingerprint density at radius 3 is 2.38 bits per heavy atom. The minimum atomic E-state index is -2.97. The van der Waals surface area contributed by atoms with Crippen molar-refractivity contribution in [1.82, 2.24) is 4.90 Å². The van der Waals surface area contributed by atoms with Crippen molar-refractivity contribution in [1.29, 1.82) is 0 Å². The molecule has 0 spiro atoms. The molecule has 7 heteroatoms. The SMILES string of the molecule is CN(CCC(=O)Nc1ccc(CN)cc1)CCS(C)(=O)=O. The Bertz CT molecular complexity index is 555. The predicted octanol–water partition coefficient (Wildman–Crippen LogP) is 0.450. The number of hydrogen-bond acceptors (Lipinski definition) is 5. The number of carbonyl (C=O) groups is 1. The van der Waals surface area contributed by atoms with E-state index in [1.54, 1.807) is 7.05 Å². The Labute approximate surface area is 126 Å². The van der Waals surface area contributed by atoms with E-state index in [0.29, 0.717) is 26.1 Å². The van der Waals surface area contributed by atoms with Gasteiger partial charge in [-0.05, 0) is 24.7 Å². The first kappa shape index (κ1) is 17.6. The highest BCUT2D eigenvalue weighted by Crippen LogP contribution is 2.09. The average molecular weight is 313 g/mol. The topological polar surface area (TPSA) is 92.5 Å². The van der Waals surface area contributed by atoms with Crippen LogP contribution in [0.5, 0.6) is 0 Å². The molecular formula is C14H23N3O3S. The standard InChI is InChI=1S/C14H23N3O3S/c1-17(9-10-21(2,19)20)8-7-14(18)16-13-5-3-12(11-15)4-6-13/h3-6H,7-11,15H2,1-2H3,(H,16,18). The lowest BCUT2D eigenvalue weighted by atomic mass is 10.2. The Morgan fingerprint density at radius 1 is 1.24 bits per heavy atom. The molecule has 1 amide bonds. The third-order valence-electron chi connectivity index (χ3n) is 3.04. The largest absolute Gasteiger partial charge is 0.326 e. The number of carbonyl (C=O) groups excluding carboxylic acids is 1. The summed E-state index contributed by atoms with van der Waals surface area (Å²) in [5.74, 6) is 0.00720. The van der Waals surface area contributed by atoms with Crippen LogP contribution in [0.2, 0.25) is 0 Å². The number of amides is 1. The molecule has 0 aliphatic rings. The van der Waals surface area contributed by atoms with E-state index in [4.69, 9.17) is 5.73 Å². The maximum absolute atomic E-state index is 11.8. The molecule has 0 aromatic heterocycles. The van der Waals surface area contributed by atoms with Crippen LogP contribution in [0, 0.1) is 0 Å². The van der Waals surface area contributed by atoms with Gasteiger partial charge >= 0.3 is 0 Å². The van der Waals surface area contributed by atoms with Crippen molar-refractivity contribution in [2.24, 2.45) is 5.73 Å². The molecule has 0 bridgehead atoms. The number of nitrogens with one attached hydrogen (secondary N) is 1. The molecule has 1 rings (SSSR count). The third-order valence-corrected chi connectivity index (χ3v) is 3.96. The van der Waals surface area contributed by atoms with E-state index in [2.05, 4.69) is 5.32 Å². The van der Waals surface area contributed by atoms with Crippen LogP contribution in [0.1, 0.15) is 12.0 Å². The smallest absolute Gasteiger partial charge is 0.225 e. The van der Waals surface area contributed by atoms with Crippen LogP contribution in [0.15, 0.2) is 24.3 Å². The van der Waals surface area contributed by atoms with E-state index < -0.39 is 9.84 Å². The molecule has 0 aliphatic heterocycles. The number of nitrogens with zero attached hydrogens (tertiary/aromatic N) is 1. The van der Waals surface area contributed by atoms with Gasteiger partial charge in [-0.25, -0.2) is 8.42 Å². The third kappa shape index (κ3) is 7.79. The lowest BCUT2D eigenvalue weighted by Crippen LogP contribution is -2.28.